The standard InChI is InChI=1S/C16H23NO2S/c1-12(17-10-14-3-2-8-20-14)4-5-13-6-7-15-16(9-13)19-11-18-15/h6-7,9,12,14,17H,2-5,8,10-11H2,1H3. The second kappa shape index (κ2) is 6.72. The van der Waals surface area contributed by atoms with E-state index in [4.69, 9.17) is 9.47 Å². The van der Waals surface area contributed by atoms with Crippen molar-refractivity contribution in [1.82, 2.24) is 5.32 Å². The number of thioether (sulfide) groups is 1. The van der Waals surface area contributed by atoms with Gasteiger partial charge in [0, 0.05) is 17.8 Å². The topological polar surface area (TPSA) is 30.5 Å². The number of hydrogen-bond acceptors (Lipinski definition) is 4. The third kappa shape index (κ3) is 3.61. The van der Waals surface area contributed by atoms with Gasteiger partial charge in [0.05, 0.1) is 0 Å². The Bertz CT molecular complexity index is 446. The van der Waals surface area contributed by atoms with Gasteiger partial charge in [-0.25, -0.2) is 0 Å². The zero-order valence-electron chi connectivity index (χ0n) is 12.1. The van der Waals surface area contributed by atoms with Crippen molar-refractivity contribution in [2.24, 2.45) is 0 Å². The van der Waals surface area contributed by atoms with Gasteiger partial charge in [0.2, 0.25) is 6.79 Å². The molecule has 0 radical (unpaired) electrons. The largest absolute Gasteiger partial charge is 0.454 e. The van der Waals surface area contributed by atoms with Gasteiger partial charge in [0.25, 0.3) is 0 Å². The van der Waals surface area contributed by atoms with E-state index in [0.717, 1.165) is 36.1 Å². The molecule has 1 aromatic rings. The van der Waals surface area contributed by atoms with E-state index in [9.17, 15) is 0 Å². The van der Waals surface area contributed by atoms with E-state index in [-0.39, 0.29) is 0 Å². The van der Waals surface area contributed by atoms with Gasteiger partial charge in [-0.1, -0.05) is 6.07 Å². The van der Waals surface area contributed by atoms with Gasteiger partial charge in [-0.2, -0.15) is 11.8 Å². The Morgan fingerprint density at radius 1 is 1.35 bits per heavy atom. The summed E-state index contributed by atoms with van der Waals surface area (Å²) in [6.45, 7) is 3.80. The summed E-state index contributed by atoms with van der Waals surface area (Å²) in [6.07, 6.45) is 5.02. The monoisotopic (exact) mass is 293 g/mol. The van der Waals surface area contributed by atoms with Crippen molar-refractivity contribution in [3.05, 3.63) is 23.8 Å². The maximum atomic E-state index is 5.42. The predicted octanol–water partition coefficient (Wildman–Crippen LogP) is 3.22. The third-order valence-corrected chi connectivity index (χ3v) is 5.42. The van der Waals surface area contributed by atoms with Gasteiger partial charge in [0.15, 0.2) is 11.5 Å². The molecule has 0 bridgehead atoms. The molecule has 3 rings (SSSR count). The SMILES string of the molecule is CC(CCc1ccc2c(c1)OCO2)NCC1CCCS1. The Hall–Kier alpha value is -0.870. The Labute approximate surface area is 125 Å². The van der Waals surface area contributed by atoms with Crippen LogP contribution in [0, 0.1) is 0 Å². The molecule has 1 N–H and O–H groups in total. The zero-order chi connectivity index (χ0) is 13.8. The first kappa shape index (κ1) is 14.1. The second-order valence-electron chi connectivity index (χ2n) is 5.67. The molecule has 2 aliphatic rings. The molecule has 1 saturated heterocycles. The minimum absolute atomic E-state index is 0.357. The van der Waals surface area contributed by atoms with Gasteiger partial charge >= 0.3 is 0 Å². The lowest BCUT2D eigenvalue weighted by Crippen LogP contribution is -2.32. The maximum Gasteiger partial charge on any atom is 0.231 e. The van der Waals surface area contributed by atoms with Crippen molar-refractivity contribution in [3.8, 4) is 11.5 Å². The number of nitrogens with one attached hydrogen (secondary N) is 1. The minimum atomic E-state index is 0.357. The molecule has 0 aromatic heterocycles. The van der Waals surface area contributed by atoms with Crippen molar-refractivity contribution >= 4 is 11.8 Å². The normalized spacial score (nSPS) is 22.1. The number of benzene rings is 1. The van der Waals surface area contributed by atoms with Crippen LogP contribution < -0.4 is 14.8 Å². The van der Waals surface area contributed by atoms with Gasteiger partial charge in [-0.05, 0) is 56.1 Å². The van der Waals surface area contributed by atoms with E-state index >= 15 is 0 Å². The summed E-state index contributed by atoms with van der Waals surface area (Å²) in [4.78, 5) is 0. The summed E-state index contributed by atoms with van der Waals surface area (Å²) in [6, 6.07) is 6.85. The van der Waals surface area contributed by atoms with Crippen molar-refractivity contribution in [3.63, 3.8) is 0 Å². The molecule has 3 nitrogen and oxygen atoms in total. The van der Waals surface area contributed by atoms with E-state index in [1.54, 1.807) is 0 Å². The van der Waals surface area contributed by atoms with Crippen LogP contribution in [0.5, 0.6) is 11.5 Å². The first-order chi connectivity index (χ1) is 9.81. The van der Waals surface area contributed by atoms with Crippen LogP contribution in [0.3, 0.4) is 0 Å². The molecular weight excluding hydrogens is 270 g/mol. The highest BCUT2D eigenvalue weighted by Gasteiger charge is 2.16. The van der Waals surface area contributed by atoms with E-state index in [0.29, 0.717) is 12.8 Å². The molecule has 0 aliphatic carbocycles. The lowest BCUT2D eigenvalue weighted by atomic mass is 10.1. The number of fused-ring (bicyclic) bond motifs is 1. The predicted molar refractivity (Wildman–Crippen MR) is 83.8 cm³/mol. The zero-order valence-corrected chi connectivity index (χ0v) is 12.9. The van der Waals surface area contributed by atoms with Crippen molar-refractivity contribution in [1.29, 1.82) is 0 Å². The van der Waals surface area contributed by atoms with Crippen LogP contribution >= 0.6 is 11.8 Å². The van der Waals surface area contributed by atoms with Crippen molar-refractivity contribution in [2.75, 3.05) is 19.1 Å². The van der Waals surface area contributed by atoms with E-state index in [1.807, 2.05) is 6.07 Å². The molecular formula is C16H23NO2S. The van der Waals surface area contributed by atoms with E-state index in [1.165, 1.54) is 24.2 Å². The highest BCUT2D eigenvalue weighted by atomic mass is 32.2. The third-order valence-electron chi connectivity index (χ3n) is 4.02. The van der Waals surface area contributed by atoms with Crippen LogP contribution in [-0.2, 0) is 6.42 Å². The summed E-state index contributed by atoms with van der Waals surface area (Å²) in [5.41, 5.74) is 1.33. The molecule has 2 aliphatic heterocycles. The van der Waals surface area contributed by atoms with Crippen LogP contribution in [0.2, 0.25) is 0 Å². The van der Waals surface area contributed by atoms with Crippen LogP contribution in [-0.4, -0.2) is 30.4 Å². The van der Waals surface area contributed by atoms with Crippen LogP contribution in [0.25, 0.3) is 0 Å². The lowest BCUT2D eigenvalue weighted by Gasteiger charge is -2.16. The molecule has 2 atom stereocenters. The molecule has 110 valence electrons. The highest BCUT2D eigenvalue weighted by Crippen LogP contribution is 2.32. The Morgan fingerprint density at radius 2 is 2.25 bits per heavy atom. The minimum Gasteiger partial charge on any atom is -0.454 e. The quantitative estimate of drug-likeness (QED) is 0.872. The van der Waals surface area contributed by atoms with E-state index in [2.05, 4.69) is 36.1 Å². The van der Waals surface area contributed by atoms with Crippen LogP contribution in [0.1, 0.15) is 31.7 Å². The van der Waals surface area contributed by atoms with Gasteiger partial charge < -0.3 is 14.8 Å². The summed E-state index contributed by atoms with van der Waals surface area (Å²) < 4.78 is 10.8. The summed E-state index contributed by atoms with van der Waals surface area (Å²) >= 11 is 2.12. The molecule has 1 fully saturated rings. The first-order valence-corrected chi connectivity index (χ1v) is 8.59. The summed E-state index contributed by atoms with van der Waals surface area (Å²) in [5, 5.41) is 4.51. The average Bonchev–Trinajstić information content (AvgIpc) is 3.13. The summed E-state index contributed by atoms with van der Waals surface area (Å²) in [7, 11) is 0. The Balaban J connectivity index is 1.41. The fourth-order valence-corrected chi connectivity index (χ4v) is 3.93. The molecule has 1 aromatic carbocycles. The fourth-order valence-electron chi connectivity index (χ4n) is 2.72. The van der Waals surface area contributed by atoms with Crippen LogP contribution in [0.4, 0.5) is 0 Å². The molecule has 20 heavy (non-hydrogen) atoms. The fraction of sp³-hybridized carbons (Fsp3) is 0.625. The van der Waals surface area contributed by atoms with Crippen molar-refractivity contribution in [2.45, 2.75) is 43.9 Å². The number of ether oxygens (including phenoxy) is 2. The number of aryl methyl sites for hydroxylation is 1. The first-order valence-electron chi connectivity index (χ1n) is 7.55. The molecule has 2 unspecified atom stereocenters. The molecule has 0 amide bonds. The van der Waals surface area contributed by atoms with Gasteiger partial charge in [0.1, 0.15) is 0 Å². The maximum absolute atomic E-state index is 5.42. The smallest absolute Gasteiger partial charge is 0.231 e. The molecule has 0 saturated carbocycles. The highest BCUT2D eigenvalue weighted by molar-refractivity contribution is 8.00. The Kier molecular flexibility index (Phi) is 4.73. The molecule has 4 heteroatoms. The lowest BCUT2D eigenvalue weighted by molar-refractivity contribution is 0.174. The number of rotatable bonds is 6. The average molecular weight is 293 g/mol. The summed E-state index contributed by atoms with van der Waals surface area (Å²) in [5.74, 6) is 3.11. The Morgan fingerprint density at radius 3 is 3.10 bits per heavy atom. The van der Waals surface area contributed by atoms with Crippen molar-refractivity contribution < 1.29 is 9.47 Å². The van der Waals surface area contributed by atoms with Crippen LogP contribution in [0.15, 0.2) is 18.2 Å². The number of hydrogen-bond donors (Lipinski definition) is 1. The molecule has 0 spiro atoms. The van der Waals surface area contributed by atoms with E-state index < -0.39 is 0 Å². The second-order valence-corrected chi connectivity index (χ2v) is 7.08. The molecule has 2 heterocycles. The van der Waals surface area contributed by atoms with Gasteiger partial charge in [-0.15, -0.1) is 0 Å². The van der Waals surface area contributed by atoms with Gasteiger partial charge in [-0.3, -0.25) is 0 Å².